The van der Waals surface area contributed by atoms with Crippen molar-refractivity contribution in [1.82, 2.24) is 4.98 Å². The van der Waals surface area contributed by atoms with Gasteiger partial charge in [0.25, 0.3) is 0 Å². The first-order valence-electron chi connectivity index (χ1n) is 6.61. The van der Waals surface area contributed by atoms with Crippen molar-refractivity contribution in [3.63, 3.8) is 0 Å². The second kappa shape index (κ2) is 7.26. The van der Waals surface area contributed by atoms with Crippen molar-refractivity contribution in [2.75, 3.05) is 7.11 Å². The van der Waals surface area contributed by atoms with Gasteiger partial charge >= 0.3 is 0 Å². The van der Waals surface area contributed by atoms with Crippen LogP contribution in [0.25, 0.3) is 0 Å². The van der Waals surface area contributed by atoms with Crippen molar-refractivity contribution in [1.29, 1.82) is 0 Å². The summed E-state index contributed by atoms with van der Waals surface area (Å²) in [7, 11) is 1.59. The van der Waals surface area contributed by atoms with E-state index in [-0.39, 0.29) is 6.61 Å². The monoisotopic (exact) mass is 293 g/mol. The molecule has 0 saturated heterocycles. The van der Waals surface area contributed by atoms with E-state index in [1.54, 1.807) is 18.4 Å². The highest BCUT2D eigenvalue weighted by Crippen LogP contribution is 2.31. The standard InChI is InChI=1S/C15H19NO3S/c1-3-5-14-16-12(10-20-14)9-19-15-11(8-17)6-4-7-13(15)18-2/h4,6-7,10,17H,3,5,8-9H2,1-2H3. The molecule has 0 unspecified atom stereocenters. The first kappa shape index (κ1) is 14.8. The highest BCUT2D eigenvalue weighted by Gasteiger charge is 2.11. The van der Waals surface area contributed by atoms with Gasteiger partial charge in [-0.1, -0.05) is 19.1 Å². The topological polar surface area (TPSA) is 51.6 Å². The zero-order valence-electron chi connectivity index (χ0n) is 11.8. The molecule has 0 saturated carbocycles. The minimum atomic E-state index is -0.0787. The van der Waals surface area contributed by atoms with Crippen LogP contribution in [0.5, 0.6) is 11.5 Å². The summed E-state index contributed by atoms with van der Waals surface area (Å²) in [5, 5.41) is 12.5. The molecule has 0 aliphatic rings. The molecule has 1 aromatic carbocycles. The molecule has 0 aliphatic heterocycles. The predicted octanol–water partition coefficient (Wildman–Crippen LogP) is 3.18. The van der Waals surface area contributed by atoms with Crippen LogP contribution >= 0.6 is 11.3 Å². The van der Waals surface area contributed by atoms with Crippen molar-refractivity contribution in [3.05, 3.63) is 39.8 Å². The third-order valence-electron chi connectivity index (χ3n) is 2.88. The number of nitrogens with zero attached hydrogens (tertiary/aromatic N) is 1. The number of ether oxygens (including phenoxy) is 2. The third-order valence-corrected chi connectivity index (χ3v) is 3.84. The molecule has 0 aliphatic carbocycles. The molecular weight excluding hydrogens is 274 g/mol. The number of aliphatic hydroxyl groups is 1. The van der Waals surface area contributed by atoms with Crippen LogP contribution in [0.2, 0.25) is 0 Å². The van der Waals surface area contributed by atoms with Crippen LogP contribution in [-0.2, 0) is 19.6 Å². The number of rotatable bonds is 7. The van der Waals surface area contributed by atoms with Crippen molar-refractivity contribution >= 4 is 11.3 Å². The molecule has 2 aromatic rings. The number of benzene rings is 1. The smallest absolute Gasteiger partial charge is 0.167 e. The molecule has 1 N–H and O–H groups in total. The molecule has 0 atom stereocenters. The molecule has 1 heterocycles. The predicted molar refractivity (Wildman–Crippen MR) is 79.4 cm³/mol. The summed E-state index contributed by atoms with van der Waals surface area (Å²) in [6, 6.07) is 5.47. The highest BCUT2D eigenvalue weighted by molar-refractivity contribution is 7.09. The van der Waals surface area contributed by atoms with E-state index in [2.05, 4.69) is 11.9 Å². The summed E-state index contributed by atoms with van der Waals surface area (Å²) in [4.78, 5) is 4.52. The molecule has 0 bridgehead atoms. The summed E-state index contributed by atoms with van der Waals surface area (Å²) in [6.07, 6.45) is 2.09. The van der Waals surface area contributed by atoms with Crippen LogP contribution in [0.4, 0.5) is 0 Å². The molecule has 0 spiro atoms. The Bertz CT molecular complexity index is 532. The fourth-order valence-electron chi connectivity index (χ4n) is 1.90. The number of hydrogen-bond acceptors (Lipinski definition) is 5. The lowest BCUT2D eigenvalue weighted by atomic mass is 10.2. The Hall–Kier alpha value is -1.59. The van der Waals surface area contributed by atoms with E-state index in [0.717, 1.165) is 23.5 Å². The quantitative estimate of drug-likeness (QED) is 0.852. The van der Waals surface area contributed by atoms with Gasteiger partial charge < -0.3 is 14.6 Å². The summed E-state index contributed by atoms with van der Waals surface area (Å²) in [5.74, 6) is 1.21. The maximum atomic E-state index is 9.36. The van der Waals surface area contributed by atoms with Gasteiger partial charge in [0.1, 0.15) is 6.61 Å². The Morgan fingerprint density at radius 1 is 1.35 bits per heavy atom. The molecule has 4 nitrogen and oxygen atoms in total. The molecule has 0 radical (unpaired) electrons. The normalized spacial score (nSPS) is 10.6. The van der Waals surface area contributed by atoms with Gasteiger partial charge in [-0.2, -0.15) is 0 Å². The van der Waals surface area contributed by atoms with Crippen molar-refractivity contribution in [3.8, 4) is 11.5 Å². The van der Waals surface area contributed by atoms with E-state index in [0.29, 0.717) is 23.7 Å². The Morgan fingerprint density at radius 2 is 2.20 bits per heavy atom. The number of aryl methyl sites for hydroxylation is 1. The second-order valence-corrected chi connectivity index (χ2v) is 5.32. The number of para-hydroxylation sites is 1. The molecule has 0 fully saturated rings. The Morgan fingerprint density at radius 3 is 2.90 bits per heavy atom. The van der Waals surface area contributed by atoms with Gasteiger partial charge in [-0.15, -0.1) is 11.3 Å². The molecule has 108 valence electrons. The fourth-order valence-corrected chi connectivity index (χ4v) is 2.79. The fraction of sp³-hybridized carbons (Fsp3) is 0.400. The lowest BCUT2D eigenvalue weighted by Crippen LogP contribution is -2.01. The van der Waals surface area contributed by atoms with Crippen LogP contribution < -0.4 is 9.47 Å². The van der Waals surface area contributed by atoms with Gasteiger partial charge in [-0.3, -0.25) is 0 Å². The van der Waals surface area contributed by atoms with Gasteiger partial charge in [-0.05, 0) is 18.9 Å². The maximum Gasteiger partial charge on any atom is 0.167 e. The van der Waals surface area contributed by atoms with Gasteiger partial charge in [-0.25, -0.2) is 4.98 Å². The maximum absolute atomic E-state index is 9.36. The van der Waals surface area contributed by atoms with Crippen LogP contribution in [0.1, 0.15) is 29.6 Å². The summed E-state index contributed by atoms with van der Waals surface area (Å²) in [5.41, 5.74) is 1.63. The van der Waals surface area contributed by atoms with E-state index in [9.17, 15) is 5.11 Å². The number of aliphatic hydroxyl groups excluding tert-OH is 1. The summed E-state index contributed by atoms with van der Waals surface area (Å²) in [6.45, 7) is 2.44. The molecular formula is C15H19NO3S. The molecule has 20 heavy (non-hydrogen) atoms. The summed E-state index contributed by atoms with van der Waals surface area (Å²) < 4.78 is 11.1. The Kier molecular flexibility index (Phi) is 5.38. The van der Waals surface area contributed by atoms with Crippen LogP contribution in [0.3, 0.4) is 0 Å². The average Bonchev–Trinajstić information content (AvgIpc) is 2.92. The molecule has 5 heteroatoms. The van der Waals surface area contributed by atoms with Crippen LogP contribution in [0.15, 0.2) is 23.6 Å². The SMILES string of the molecule is CCCc1nc(COc2c(CO)cccc2OC)cs1. The molecule has 0 amide bonds. The van der Waals surface area contributed by atoms with Gasteiger partial charge in [0.15, 0.2) is 11.5 Å². The first-order valence-corrected chi connectivity index (χ1v) is 7.49. The van der Waals surface area contributed by atoms with E-state index >= 15 is 0 Å². The van der Waals surface area contributed by atoms with E-state index in [1.165, 1.54) is 0 Å². The van der Waals surface area contributed by atoms with Gasteiger partial charge in [0.05, 0.1) is 24.4 Å². The number of aromatic nitrogens is 1. The van der Waals surface area contributed by atoms with Gasteiger partial charge in [0.2, 0.25) is 0 Å². The lowest BCUT2D eigenvalue weighted by molar-refractivity contribution is 0.248. The first-order chi connectivity index (χ1) is 9.78. The van der Waals surface area contributed by atoms with E-state index in [4.69, 9.17) is 9.47 Å². The van der Waals surface area contributed by atoms with E-state index < -0.39 is 0 Å². The minimum absolute atomic E-state index is 0.0787. The Balaban J connectivity index is 2.09. The number of methoxy groups -OCH3 is 1. The van der Waals surface area contributed by atoms with Crippen LogP contribution in [-0.4, -0.2) is 17.2 Å². The zero-order chi connectivity index (χ0) is 14.4. The third kappa shape index (κ3) is 3.49. The largest absolute Gasteiger partial charge is 0.493 e. The summed E-state index contributed by atoms with van der Waals surface area (Å²) >= 11 is 1.66. The van der Waals surface area contributed by atoms with Gasteiger partial charge in [0, 0.05) is 10.9 Å². The highest BCUT2D eigenvalue weighted by atomic mass is 32.1. The lowest BCUT2D eigenvalue weighted by Gasteiger charge is -2.13. The number of hydrogen-bond donors (Lipinski definition) is 1. The average molecular weight is 293 g/mol. The minimum Gasteiger partial charge on any atom is -0.493 e. The van der Waals surface area contributed by atoms with Crippen molar-refractivity contribution in [2.24, 2.45) is 0 Å². The van der Waals surface area contributed by atoms with Crippen molar-refractivity contribution in [2.45, 2.75) is 33.0 Å². The Labute approximate surface area is 123 Å². The van der Waals surface area contributed by atoms with Crippen LogP contribution in [0, 0.1) is 0 Å². The van der Waals surface area contributed by atoms with Crippen molar-refractivity contribution < 1.29 is 14.6 Å². The molecule has 2 rings (SSSR count). The number of thiazole rings is 1. The molecule has 1 aromatic heterocycles. The zero-order valence-corrected chi connectivity index (χ0v) is 12.6. The second-order valence-electron chi connectivity index (χ2n) is 4.38. The van der Waals surface area contributed by atoms with E-state index in [1.807, 2.05) is 23.6 Å².